The van der Waals surface area contributed by atoms with Gasteiger partial charge in [-0.15, -0.1) is 0 Å². The molecule has 2 unspecified atom stereocenters. The first-order valence-corrected chi connectivity index (χ1v) is 7.28. The molecule has 4 nitrogen and oxygen atoms in total. The number of aliphatic carboxylic acids is 1. The van der Waals surface area contributed by atoms with Gasteiger partial charge in [-0.3, -0.25) is 4.79 Å². The third-order valence-electron chi connectivity index (χ3n) is 4.30. The number of hydrogen-bond donors (Lipinski definition) is 1. The van der Waals surface area contributed by atoms with Crippen LogP contribution in [0.1, 0.15) is 52.4 Å². The van der Waals surface area contributed by atoms with Crippen LogP contribution in [0.25, 0.3) is 0 Å². The predicted octanol–water partition coefficient (Wildman–Crippen LogP) is 3.23. The highest BCUT2D eigenvalue weighted by Crippen LogP contribution is 2.30. The van der Waals surface area contributed by atoms with E-state index < -0.39 is 5.97 Å². The number of allylic oxidation sites excluding steroid dienone is 1. The molecule has 2 aliphatic rings. The molecule has 0 spiro atoms. The summed E-state index contributed by atoms with van der Waals surface area (Å²) in [7, 11) is 0. The number of carbonyl (C=O) groups excluding carboxylic acids is 1. The lowest BCUT2D eigenvalue weighted by atomic mass is 9.88. The summed E-state index contributed by atoms with van der Waals surface area (Å²) in [6, 6.07) is 0. The van der Waals surface area contributed by atoms with Crippen LogP contribution < -0.4 is 0 Å². The summed E-state index contributed by atoms with van der Waals surface area (Å²) in [5, 5.41) is 9.04. The molecule has 0 aromatic heterocycles. The van der Waals surface area contributed by atoms with Crippen molar-refractivity contribution >= 4 is 11.9 Å². The van der Waals surface area contributed by atoms with Gasteiger partial charge in [-0.05, 0) is 46.0 Å². The molecule has 0 saturated heterocycles. The summed E-state index contributed by atoms with van der Waals surface area (Å²) >= 11 is 0. The standard InChI is InChI=1S/C16H22O4/c1-10-5-3-4-6-14(10)16(19)20-12-7-8-13(15(17)18)11(2)9-12/h5,12,14H,3-4,6-9H2,1-2H3,(H,17,18). The van der Waals surface area contributed by atoms with E-state index in [4.69, 9.17) is 9.84 Å². The minimum atomic E-state index is -0.849. The smallest absolute Gasteiger partial charge is 0.331 e. The molecule has 2 aliphatic carbocycles. The van der Waals surface area contributed by atoms with Crippen molar-refractivity contribution in [3.8, 4) is 0 Å². The highest BCUT2D eigenvalue weighted by Gasteiger charge is 2.29. The van der Waals surface area contributed by atoms with Gasteiger partial charge in [0.25, 0.3) is 0 Å². The molecule has 0 bridgehead atoms. The van der Waals surface area contributed by atoms with Gasteiger partial charge >= 0.3 is 11.9 Å². The molecule has 0 aliphatic heterocycles. The Morgan fingerprint density at radius 3 is 2.65 bits per heavy atom. The zero-order valence-corrected chi connectivity index (χ0v) is 12.1. The maximum atomic E-state index is 12.2. The van der Waals surface area contributed by atoms with Crippen LogP contribution in [0.3, 0.4) is 0 Å². The molecule has 2 atom stereocenters. The topological polar surface area (TPSA) is 63.6 Å². The van der Waals surface area contributed by atoms with Gasteiger partial charge < -0.3 is 9.84 Å². The van der Waals surface area contributed by atoms with Crippen molar-refractivity contribution in [3.05, 3.63) is 22.8 Å². The lowest BCUT2D eigenvalue weighted by Crippen LogP contribution is -2.28. The first kappa shape index (κ1) is 14.8. The Labute approximate surface area is 119 Å². The first-order valence-electron chi connectivity index (χ1n) is 7.28. The van der Waals surface area contributed by atoms with Crippen LogP contribution in [-0.2, 0) is 14.3 Å². The molecule has 2 rings (SSSR count). The molecule has 1 N–H and O–H groups in total. The minimum absolute atomic E-state index is 0.103. The SMILES string of the molecule is CC1=CCCCC1C(=O)OC1CCC(C(=O)O)=C(C)C1. The second-order valence-corrected chi connectivity index (χ2v) is 5.80. The second kappa shape index (κ2) is 6.25. The average Bonchev–Trinajstić information content (AvgIpc) is 2.38. The third-order valence-corrected chi connectivity index (χ3v) is 4.30. The Morgan fingerprint density at radius 1 is 1.30 bits per heavy atom. The van der Waals surface area contributed by atoms with Crippen LogP contribution in [-0.4, -0.2) is 23.1 Å². The van der Waals surface area contributed by atoms with E-state index in [0.29, 0.717) is 24.8 Å². The molecular formula is C16H22O4. The molecule has 0 saturated carbocycles. The van der Waals surface area contributed by atoms with E-state index >= 15 is 0 Å². The van der Waals surface area contributed by atoms with Crippen LogP contribution in [0.4, 0.5) is 0 Å². The Bertz CT molecular complexity index is 473. The average molecular weight is 278 g/mol. The maximum absolute atomic E-state index is 12.2. The van der Waals surface area contributed by atoms with Gasteiger partial charge in [-0.25, -0.2) is 4.79 Å². The van der Waals surface area contributed by atoms with Gasteiger partial charge in [-0.2, -0.15) is 0 Å². The zero-order chi connectivity index (χ0) is 14.7. The van der Waals surface area contributed by atoms with E-state index in [9.17, 15) is 9.59 Å². The summed E-state index contributed by atoms with van der Waals surface area (Å²) in [4.78, 5) is 23.2. The van der Waals surface area contributed by atoms with Crippen molar-refractivity contribution in [2.45, 2.75) is 58.5 Å². The van der Waals surface area contributed by atoms with Crippen LogP contribution in [0.2, 0.25) is 0 Å². The minimum Gasteiger partial charge on any atom is -0.478 e. The third kappa shape index (κ3) is 3.30. The van der Waals surface area contributed by atoms with E-state index in [1.54, 1.807) is 0 Å². The van der Waals surface area contributed by atoms with Crippen molar-refractivity contribution in [1.82, 2.24) is 0 Å². The van der Waals surface area contributed by atoms with E-state index in [-0.39, 0.29) is 18.0 Å². The Balaban J connectivity index is 1.95. The van der Waals surface area contributed by atoms with E-state index in [0.717, 1.165) is 30.4 Å². The number of carboxylic acids is 1. The van der Waals surface area contributed by atoms with Crippen molar-refractivity contribution in [1.29, 1.82) is 0 Å². The Kier molecular flexibility index (Phi) is 4.63. The number of ether oxygens (including phenoxy) is 1. The van der Waals surface area contributed by atoms with Crippen molar-refractivity contribution in [2.24, 2.45) is 5.92 Å². The molecule has 20 heavy (non-hydrogen) atoms. The summed E-state index contributed by atoms with van der Waals surface area (Å²) in [6.07, 6.45) is 6.53. The van der Waals surface area contributed by atoms with Crippen molar-refractivity contribution in [2.75, 3.05) is 0 Å². The summed E-state index contributed by atoms with van der Waals surface area (Å²) in [5.74, 6) is -1.10. The van der Waals surface area contributed by atoms with Gasteiger partial charge in [-0.1, -0.05) is 17.2 Å². The number of rotatable bonds is 3. The fourth-order valence-corrected chi connectivity index (χ4v) is 3.05. The van der Waals surface area contributed by atoms with Crippen molar-refractivity contribution in [3.63, 3.8) is 0 Å². The highest BCUT2D eigenvalue weighted by molar-refractivity contribution is 5.87. The monoisotopic (exact) mass is 278 g/mol. The molecule has 0 fully saturated rings. The first-order chi connectivity index (χ1) is 9.49. The molecule has 110 valence electrons. The van der Waals surface area contributed by atoms with Gasteiger partial charge in [0.15, 0.2) is 0 Å². The van der Waals surface area contributed by atoms with Crippen molar-refractivity contribution < 1.29 is 19.4 Å². The number of carbonyl (C=O) groups is 2. The van der Waals surface area contributed by atoms with Crippen LogP contribution in [0.5, 0.6) is 0 Å². The van der Waals surface area contributed by atoms with Crippen LogP contribution in [0.15, 0.2) is 22.8 Å². The quantitative estimate of drug-likeness (QED) is 0.636. The fourth-order valence-electron chi connectivity index (χ4n) is 3.05. The van der Waals surface area contributed by atoms with E-state index in [1.165, 1.54) is 0 Å². The van der Waals surface area contributed by atoms with Gasteiger partial charge in [0, 0.05) is 12.0 Å². The fraction of sp³-hybridized carbons (Fsp3) is 0.625. The highest BCUT2D eigenvalue weighted by atomic mass is 16.5. The normalized spacial score (nSPS) is 27.0. The van der Waals surface area contributed by atoms with Crippen LogP contribution >= 0.6 is 0 Å². The summed E-state index contributed by atoms with van der Waals surface area (Å²) in [6.45, 7) is 3.80. The number of hydrogen-bond acceptors (Lipinski definition) is 3. The molecule has 4 heteroatoms. The predicted molar refractivity (Wildman–Crippen MR) is 75.2 cm³/mol. The molecule has 0 aromatic rings. The zero-order valence-electron chi connectivity index (χ0n) is 12.1. The second-order valence-electron chi connectivity index (χ2n) is 5.80. The largest absolute Gasteiger partial charge is 0.478 e. The summed E-state index contributed by atoms with van der Waals surface area (Å²) in [5.41, 5.74) is 2.42. The lowest BCUT2D eigenvalue weighted by molar-refractivity contribution is -0.153. The molecule has 0 radical (unpaired) electrons. The number of carboxylic acid groups (broad SMARTS) is 1. The molecule has 0 heterocycles. The van der Waals surface area contributed by atoms with Gasteiger partial charge in [0.05, 0.1) is 5.92 Å². The molecule has 0 aromatic carbocycles. The molecule has 0 amide bonds. The lowest BCUT2D eigenvalue weighted by Gasteiger charge is -2.27. The molecular weight excluding hydrogens is 256 g/mol. The van der Waals surface area contributed by atoms with E-state index in [1.807, 2.05) is 13.8 Å². The van der Waals surface area contributed by atoms with E-state index in [2.05, 4.69) is 6.08 Å². The Morgan fingerprint density at radius 2 is 2.05 bits per heavy atom. The van der Waals surface area contributed by atoms with Crippen LogP contribution in [0, 0.1) is 5.92 Å². The maximum Gasteiger partial charge on any atom is 0.331 e. The summed E-state index contributed by atoms with van der Waals surface area (Å²) < 4.78 is 5.59. The van der Waals surface area contributed by atoms with Gasteiger partial charge in [0.1, 0.15) is 6.10 Å². The number of esters is 1. The Hall–Kier alpha value is -1.58. The van der Waals surface area contributed by atoms with Gasteiger partial charge in [0.2, 0.25) is 0 Å².